The number of benzene rings is 2. The van der Waals surface area contributed by atoms with Crippen LogP contribution in [0.2, 0.25) is 0 Å². The van der Waals surface area contributed by atoms with Crippen LogP contribution >= 0.6 is 11.8 Å². The molecule has 0 aromatic heterocycles. The van der Waals surface area contributed by atoms with Crippen LogP contribution in [0.5, 0.6) is 11.5 Å². The molecule has 1 amide bonds. The number of nitrogens with one attached hydrogen (secondary N) is 1. The van der Waals surface area contributed by atoms with Crippen LogP contribution in [0.4, 0.5) is 0 Å². The average Bonchev–Trinajstić information content (AvgIpc) is 2.65. The van der Waals surface area contributed by atoms with Crippen molar-refractivity contribution in [3.05, 3.63) is 53.6 Å². The standard InChI is InChI=1S/C21H27NO3S/c1-5-12-25-18-11-10-17(13-19(18)24-4)16(3)22-21(23)14-26-20-9-7-6-8-15(20)2/h6-11,13,16H,5,12,14H2,1-4H3,(H,22,23). The van der Waals surface area contributed by atoms with E-state index in [-0.39, 0.29) is 11.9 Å². The van der Waals surface area contributed by atoms with Gasteiger partial charge in [0.25, 0.3) is 0 Å². The highest BCUT2D eigenvalue weighted by atomic mass is 32.2. The summed E-state index contributed by atoms with van der Waals surface area (Å²) in [7, 11) is 1.63. The van der Waals surface area contributed by atoms with E-state index >= 15 is 0 Å². The Hall–Kier alpha value is -2.14. The Balaban J connectivity index is 1.94. The first-order valence-corrected chi connectivity index (χ1v) is 9.82. The lowest BCUT2D eigenvalue weighted by molar-refractivity contribution is -0.119. The molecule has 0 aliphatic carbocycles. The summed E-state index contributed by atoms with van der Waals surface area (Å²) in [6, 6.07) is 13.8. The van der Waals surface area contributed by atoms with Gasteiger partial charge in [0.05, 0.1) is 25.5 Å². The second kappa shape index (κ2) is 10.1. The Morgan fingerprint density at radius 1 is 1.19 bits per heavy atom. The topological polar surface area (TPSA) is 47.6 Å². The number of hydrogen-bond donors (Lipinski definition) is 1. The van der Waals surface area contributed by atoms with Crippen molar-refractivity contribution < 1.29 is 14.3 Å². The molecule has 0 bridgehead atoms. The Labute approximate surface area is 160 Å². The van der Waals surface area contributed by atoms with Crippen LogP contribution in [0.25, 0.3) is 0 Å². The fourth-order valence-corrected chi connectivity index (χ4v) is 3.35. The number of ether oxygens (including phenoxy) is 2. The zero-order valence-electron chi connectivity index (χ0n) is 15.9. The van der Waals surface area contributed by atoms with Crippen LogP contribution in [0.15, 0.2) is 47.4 Å². The van der Waals surface area contributed by atoms with Crippen LogP contribution in [0.3, 0.4) is 0 Å². The number of carbonyl (C=O) groups is 1. The second-order valence-electron chi connectivity index (χ2n) is 6.10. The lowest BCUT2D eigenvalue weighted by Gasteiger charge is -2.17. The van der Waals surface area contributed by atoms with Gasteiger partial charge < -0.3 is 14.8 Å². The maximum atomic E-state index is 12.3. The molecule has 0 fully saturated rings. The van der Waals surface area contributed by atoms with Gasteiger partial charge in [0.1, 0.15) is 0 Å². The van der Waals surface area contributed by atoms with Gasteiger partial charge in [-0.05, 0) is 49.6 Å². The van der Waals surface area contributed by atoms with Gasteiger partial charge in [0.2, 0.25) is 5.91 Å². The molecule has 5 heteroatoms. The molecule has 0 saturated carbocycles. The summed E-state index contributed by atoms with van der Waals surface area (Å²) in [5, 5.41) is 3.04. The second-order valence-corrected chi connectivity index (χ2v) is 7.12. The minimum absolute atomic E-state index is 0.0102. The number of hydrogen-bond acceptors (Lipinski definition) is 4. The van der Waals surface area contributed by atoms with E-state index in [9.17, 15) is 4.79 Å². The molecule has 1 N–H and O–H groups in total. The molecule has 0 aliphatic heterocycles. The fourth-order valence-electron chi connectivity index (χ4n) is 2.51. The summed E-state index contributed by atoms with van der Waals surface area (Å²) < 4.78 is 11.1. The van der Waals surface area contributed by atoms with Gasteiger partial charge in [-0.3, -0.25) is 4.79 Å². The first-order chi connectivity index (χ1) is 12.5. The minimum Gasteiger partial charge on any atom is -0.493 e. The fraction of sp³-hybridized carbons (Fsp3) is 0.381. The first-order valence-electron chi connectivity index (χ1n) is 8.83. The monoisotopic (exact) mass is 373 g/mol. The Bertz CT molecular complexity index is 733. The third-order valence-corrected chi connectivity index (χ3v) is 5.15. The number of thioether (sulfide) groups is 1. The van der Waals surface area contributed by atoms with E-state index in [4.69, 9.17) is 9.47 Å². The molecule has 0 saturated heterocycles. The third-order valence-electron chi connectivity index (χ3n) is 3.98. The predicted octanol–water partition coefficient (Wildman–Crippen LogP) is 4.76. The SMILES string of the molecule is CCCOc1ccc(C(C)NC(=O)CSc2ccccc2C)cc1OC. The van der Waals surface area contributed by atoms with Crippen LogP contribution in [0.1, 0.15) is 37.4 Å². The zero-order valence-corrected chi connectivity index (χ0v) is 16.7. The highest BCUT2D eigenvalue weighted by Gasteiger charge is 2.13. The minimum atomic E-state index is -0.103. The van der Waals surface area contributed by atoms with Gasteiger partial charge in [0.15, 0.2) is 11.5 Å². The number of carbonyl (C=O) groups excluding carboxylic acids is 1. The lowest BCUT2D eigenvalue weighted by Crippen LogP contribution is -2.28. The predicted molar refractivity (Wildman–Crippen MR) is 107 cm³/mol. The van der Waals surface area contributed by atoms with Crippen molar-refractivity contribution >= 4 is 17.7 Å². The summed E-state index contributed by atoms with van der Waals surface area (Å²) >= 11 is 1.55. The largest absolute Gasteiger partial charge is 0.493 e. The van der Waals surface area contributed by atoms with Gasteiger partial charge in [0, 0.05) is 4.90 Å². The number of rotatable bonds is 9. The Morgan fingerprint density at radius 3 is 2.65 bits per heavy atom. The number of methoxy groups -OCH3 is 1. The van der Waals surface area contributed by atoms with E-state index in [1.165, 1.54) is 5.56 Å². The molecular formula is C21H27NO3S. The van der Waals surface area contributed by atoms with E-state index in [0.29, 0.717) is 18.1 Å². The molecule has 0 heterocycles. The van der Waals surface area contributed by atoms with Crippen LogP contribution in [0, 0.1) is 6.92 Å². The highest BCUT2D eigenvalue weighted by molar-refractivity contribution is 8.00. The summed E-state index contributed by atoms with van der Waals surface area (Å²) in [5.74, 6) is 1.82. The molecule has 1 unspecified atom stereocenters. The molecular weight excluding hydrogens is 346 g/mol. The maximum absolute atomic E-state index is 12.3. The van der Waals surface area contributed by atoms with Crippen molar-refractivity contribution in [2.75, 3.05) is 19.5 Å². The van der Waals surface area contributed by atoms with Crippen molar-refractivity contribution in [2.24, 2.45) is 0 Å². The van der Waals surface area contributed by atoms with Crippen LogP contribution in [-0.2, 0) is 4.79 Å². The summed E-state index contributed by atoms with van der Waals surface area (Å²) in [4.78, 5) is 13.4. The van der Waals surface area contributed by atoms with Gasteiger partial charge in [-0.1, -0.05) is 31.2 Å². The van der Waals surface area contributed by atoms with Gasteiger partial charge >= 0.3 is 0 Å². The van der Waals surface area contributed by atoms with E-state index in [0.717, 1.165) is 22.6 Å². The molecule has 0 radical (unpaired) electrons. The lowest BCUT2D eigenvalue weighted by atomic mass is 10.1. The summed E-state index contributed by atoms with van der Waals surface area (Å²) in [5.41, 5.74) is 2.17. The van der Waals surface area contributed by atoms with E-state index in [1.54, 1.807) is 18.9 Å². The molecule has 1 atom stereocenters. The van der Waals surface area contributed by atoms with Crippen molar-refractivity contribution in [1.82, 2.24) is 5.32 Å². The Kier molecular flexibility index (Phi) is 7.85. The van der Waals surface area contributed by atoms with E-state index < -0.39 is 0 Å². The van der Waals surface area contributed by atoms with Crippen molar-refractivity contribution in [2.45, 2.75) is 38.1 Å². The summed E-state index contributed by atoms with van der Waals surface area (Å²) in [6.07, 6.45) is 0.940. The number of amides is 1. The van der Waals surface area contributed by atoms with Crippen molar-refractivity contribution in [3.8, 4) is 11.5 Å². The molecule has 26 heavy (non-hydrogen) atoms. The smallest absolute Gasteiger partial charge is 0.230 e. The first kappa shape index (κ1) is 20.2. The maximum Gasteiger partial charge on any atom is 0.230 e. The zero-order chi connectivity index (χ0) is 18.9. The third kappa shape index (κ3) is 5.70. The molecule has 4 nitrogen and oxygen atoms in total. The van der Waals surface area contributed by atoms with Gasteiger partial charge in [-0.2, -0.15) is 0 Å². The molecule has 0 spiro atoms. The van der Waals surface area contributed by atoms with Crippen LogP contribution < -0.4 is 14.8 Å². The molecule has 2 aromatic rings. The van der Waals surface area contributed by atoms with Crippen LogP contribution in [-0.4, -0.2) is 25.4 Å². The highest BCUT2D eigenvalue weighted by Crippen LogP contribution is 2.30. The molecule has 140 valence electrons. The quantitative estimate of drug-likeness (QED) is 0.644. The molecule has 2 rings (SSSR count). The van der Waals surface area contributed by atoms with Gasteiger partial charge in [-0.15, -0.1) is 11.8 Å². The summed E-state index contributed by atoms with van der Waals surface area (Å²) in [6.45, 7) is 6.74. The van der Waals surface area contributed by atoms with E-state index in [2.05, 4.69) is 25.2 Å². The average molecular weight is 374 g/mol. The van der Waals surface area contributed by atoms with Crippen molar-refractivity contribution in [3.63, 3.8) is 0 Å². The normalized spacial score (nSPS) is 11.7. The molecule has 2 aromatic carbocycles. The Morgan fingerprint density at radius 2 is 1.96 bits per heavy atom. The molecule has 0 aliphatic rings. The van der Waals surface area contributed by atoms with Crippen molar-refractivity contribution in [1.29, 1.82) is 0 Å². The van der Waals surface area contributed by atoms with Gasteiger partial charge in [-0.25, -0.2) is 0 Å². The number of aryl methyl sites for hydroxylation is 1. The van der Waals surface area contributed by atoms with E-state index in [1.807, 2.05) is 43.3 Å².